The number of ether oxygens (including phenoxy) is 1. The molecule has 3 aromatic rings. The second-order valence-electron chi connectivity index (χ2n) is 5.75. The second kappa shape index (κ2) is 8.69. The molecule has 0 aliphatic heterocycles. The normalized spacial score (nSPS) is 10.5. The molecule has 0 saturated carbocycles. The SMILES string of the molecule is Cc1nn(C)c(Oc2ccccc2)c1CNCCn1ccnc1C.Cl. The van der Waals surface area contributed by atoms with Crippen LogP contribution in [0.4, 0.5) is 0 Å². The monoisotopic (exact) mass is 361 g/mol. The zero-order valence-corrected chi connectivity index (χ0v) is 15.6. The molecule has 0 saturated heterocycles. The first-order valence-electron chi connectivity index (χ1n) is 8.09. The minimum Gasteiger partial charge on any atom is -0.439 e. The molecule has 1 N–H and O–H groups in total. The molecule has 0 atom stereocenters. The van der Waals surface area contributed by atoms with E-state index in [1.165, 1.54) is 0 Å². The van der Waals surface area contributed by atoms with Gasteiger partial charge in [0.15, 0.2) is 0 Å². The first-order chi connectivity index (χ1) is 11.6. The third kappa shape index (κ3) is 4.61. The number of hydrogen-bond donors (Lipinski definition) is 1. The lowest BCUT2D eigenvalue weighted by atomic mass is 10.2. The van der Waals surface area contributed by atoms with Crippen LogP contribution in [0.1, 0.15) is 17.1 Å². The van der Waals surface area contributed by atoms with Crippen LogP contribution in [0.15, 0.2) is 42.7 Å². The van der Waals surface area contributed by atoms with E-state index in [1.807, 2.05) is 63.6 Å². The number of nitrogens with one attached hydrogen (secondary N) is 1. The summed E-state index contributed by atoms with van der Waals surface area (Å²) < 4.78 is 9.95. The maximum absolute atomic E-state index is 6.03. The number of hydrogen-bond acceptors (Lipinski definition) is 4. The predicted molar refractivity (Wildman–Crippen MR) is 100 cm³/mol. The summed E-state index contributed by atoms with van der Waals surface area (Å²) in [4.78, 5) is 4.23. The molecule has 0 unspecified atom stereocenters. The average molecular weight is 362 g/mol. The van der Waals surface area contributed by atoms with Crippen molar-refractivity contribution >= 4 is 12.4 Å². The third-order valence-corrected chi connectivity index (χ3v) is 4.00. The van der Waals surface area contributed by atoms with Crippen molar-refractivity contribution in [3.05, 3.63) is 59.8 Å². The molecule has 0 aliphatic rings. The van der Waals surface area contributed by atoms with E-state index in [0.29, 0.717) is 0 Å². The number of benzene rings is 1. The van der Waals surface area contributed by atoms with Gasteiger partial charge in [-0.2, -0.15) is 5.10 Å². The van der Waals surface area contributed by atoms with Crippen LogP contribution >= 0.6 is 12.4 Å². The quantitative estimate of drug-likeness (QED) is 0.656. The molecule has 0 amide bonds. The Balaban J connectivity index is 0.00000225. The van der Waals surface area contributed by atoms with Crippen molar-refractivity contribution in [1.29, 1.82) is 0 Å². The van der Waals surface area contributed by atoms with Crippen molar-refractivity contribution in [3.63, 3.8) is 0 Å². The van der Waals surface area contributed by atoms with Gasteiger partial charge in [-0.3, -0.25) is 0 Å². The molecule has 7 heteroatoms. The zero-order valence-electron chi connectivity index (χ0n) is 14.8. The van der Waals surface area contributed by atoms with Crippen molar-refractivity contribution in [3.8, 4) is 11.6 Å². The molecule has 25 heavy (non-hydrogen) atoms. The Morgan fingerprint density at radius 3 is 2.60 bits per heavy atom. The highest BCUT2D eigenvalue weighted by Gasteiger charge is 2.15. The van der Waals surface area contributed by atoms with Gasteiger partial charge in [-0.15, -0.1) is 12.4 Å². The van der Waals surface area contributed by atoms with Crippen LogP contribution in [0.2, 0.25) is 0 Å². The average Bonchev–Trinajstić information content (AvgIpc) is 3.09. The highest BCUT2D eigenvalue weighted by molar-refractivity contribution is 5.85. The number of aromatic nitrogens is 4. The van der Waals surface area contributed by atoms with E-state index in [9.17, 15) is 0 Å². The summed E-state index contributed by atoms with van der Waals surface area (Å²) in [7, 11) is 1.91. The summed E-state index contributed by atoms with van der Waals surface area (Å²) in [6.07, 6.45) is 3.82. The number of aryl methyl sites for hydroxylation is 3. The van der Waals surface area contributed by atoms with Crippen LogP contribution in [0, 0.1) is 13.8 Å². The Kier molecular flexibility index (Phi) is 6.61. The third-order valence-electron chi connectivity index (χ3n) is 4.00. The van der Waals surface area contributed by atoms with E-state index in [-0.39, 0.29) is 12.4 Å². The molecular formula is C18H24ClN5O. The number of halogens is 1. The minimum atomic E-state index is 0. The van der Waals surface area contributed by atoms with Crippen LogP contribution in [0.3, 0.4) is 0 Å². The standard InChI is InChI=1S/C18H23N5O.ClH/c1-14-17(13-19-9-11-23-12-10-20-15(23)2)18(22(3)21-14)24-16-7-5-4-6-8-16;/h4-8,10,12,19H,9,11,13H2,1-3H3;1H. The maximum Gasteiger partial charge on any atom is 0.222 e. The van der Waals surface area contributed by atoms with Crippen LogP contribution in [0.5, 0.6) is 11.6 Å². The predicted octanol–water partition coefficient (Wildman–Crippen LogP) is 3.24. The Morgan fingerprint density at radius 1 is 1.16 bits per heavy atom. The highest BCUT2D eigenvalue weighted by atomic mass is 35.5. The highest BCUT2D eigenvalue weighted by Crippen LogP contribution is 2.26. The van der Waals surface area contributed by atoms with Gasteiger partial charge in [0.1, 0.15) is 11.6 Å². The lowest BCUT2D eigenvalue weighted by Gasteiger charge is -2.10. The number of rotatable bonds is 7. The van der Waals surface area contributed by atoms with Crippen molar-refractivity contribution in [1.82, 2.24) is 24.6 Å². The molecule has 0 aliphatic carbocycles. The summed E-state index contributed by atoms with van der Waals surface area (Å²) in [6, 6.07) is 9.79. The minimum absolute atomic E-state index is 0. The lowest BCUT2D eigenvalue weighted by Crippen LogP contribution is -2.20. The van der Waals surface area contributed by atoms with Gasteiger partial charge in [-0.1, -0.05) is 18.2 Å². The van der Waals surface area contributed by atoms with Crippen molar-refractivity contribution in [2.75, 3.05) is 6.54 Å². The van der Waals surface area contributed by atoms with E-state index in [2.05, 4.69) is 20.0 Å². The molecule has 0 bridgehead atoms. The zero-order chi connectivity index (χ0) is 16.9. The van der Waals surface area contributed by atoms with Gasteiger partial charge >= 0.3 is 0 Å². The van der Waals surface area contributed by atoms with E-state index >= 15 is 0 Å². The molecule has 2 heterocycles. The molecule has 0 fully saturated rings. The summed E-state index contributed by atoms with van der Waals surface area (Å²) in [5.74, 6) is 2.63. The van der Waals surface area contributed by atoms with Crippen LogP contribution in [-0.2, 0) is 20.1 Å². The van der Waals surface area contributed by atoms with Gasteiger partial charge in [0.25, 0.3) is 0 Å². The molecule has 6 nitrogen and oxygen atoms in total. The largest absolute Gasteiger partial charge is 0.439 e. The van der Waals surface area contributed by atoms with Gasteiger partial charge < -0.3 is 14.6 Å². The maximum atomic E-state index is 6.03. The van der Waals surface area contributed by atoms with E-state index in [1.54, 1.807) is 4.68 Å². The fraction of sp³-hybridized carbons (Fsp3) is 0.333. The van der Waals surface area contributed by atoms with Gasteiger partial charge in [0.2, 0.25) is 5.88 Å². The fourth-order valence-electron chi connectivity index (χ4n) is 2.67. The second-order valence-corrected chi connectivity index (χ2v) is 5.75. The van der Waals surface area contributed by atoms with Gasteiger partial charge in [0, 0.05) is 39.1 Å². The molecule has 2 aromatic heterocycles. The van der Waals surface area contributed by atoms with Gasteiger partial charge in [-0.05, 0) is 26.0 Å². The summed E-state index contributed by atoms with van der Waals surface area (Å²) >= 11 is 0. The lowest BCUT2D eigenvalue weighted by molar-refractivity contribution is 0.423. The molecule has 1 aromatic carbocycles. The number of imidazole rings is 1. The van der Waals surface area contributed by atoms with Crippen molar-refractivity contribution in [2.24, 2.45) is 7.05 Å². The number of para-hydroxylation sites is 1. The summed E-state index contributed by atoms with van der Waals surface area (Å²) in [5, 5.41) is 7.95. The summed E-state index contributed by atoms with van der Waals surface area (Å²) in [5.41, 5.74) is 2.07. The number of nitrogens with zero attached hydrogens (tertiary/aromatic N) is 4. The first-order valence-corrected chi connectivity index (χ1v) is 8.09. The topological polar surface area (TPSA) is 56.9 Å². The van der Waals surface area contributed by atoms with Crippen molar-refractivity contribution in [2.45, 2.75) is 26.9 Å². The smallest absolute Gasteiger partial charge is 0.222 e. The molecule has 0 radical (unpaired) electrons. The molecule has 134 valence electrons. The summed E-state index contributed by atoms with van der Waals surface area (Å²) in [6.45, 7) is 6.48. The van der Waals surface area contributed by atoms with E-state index in [4.69, 9.17) is 4.74 Å². The Morgan fingerprint density at radius 2 is 1.92 bits per heavy atom. The van der Waals surface area contributed by atoms with Crippen LogP contribution in [0.25, 0.3) is 0 Å². The van der Waals surface area contributed by atoms with Gasteiger partial charge in [-0.25, -0.2) is 9.67 Å². The molecular weight excluding hydrogens is 338 g/mol. The Bertz CT molecular complexity index is 797. The van der Waals surface area contributed by atoms with Crippen molar-refractivity contribution < 1.29 is 4.74 Å². The Labute approximate surface area is 154 Å². The molecule has 0 spiro atoms. The van der Waals surface area contributed by atoms with Gasteiger partial charge in [0.05, 0.1) is 11.3 Å². The van der Waals surface area contributed by atoms with Crippen LogP contribution < -0.4 is 10.1 Å². The van der Waals surface area contributed by atoms with E-state index < -0.39 is 0 Å². The molecule has 3 rings (SSSR count). The van der Waals surface area contributed by atoms with E-state index in [0.717, 1.165) is 48.3 Å². The first kappa shape index (κ1) is 19.0. The van der Waals surface area contributed by atoms with Crippen LogP contribution in [-0.4, -0.2) is 25.9 Å². The fourth-order valence-corrected chi connectivity index (χ4v) is 2.67. The Hall–Kier alpha value is -2.31.